The van der Waals surface area contributed by atoms with Crippen LogP contribution in [0.1, 0.15) is 0 Å². The van der Waals surface area contributed by atoms with Crippen LogP contribution in [-0.4, -0.2) is 9.97 Å². The summed E-state index contributed by atoms with van der Waals surface area (Å²) in [6.07, 6.45) is 0. The molecule has 0 unspecified atom stereocenters. The molecule has 7 heteroatoms. The number of rotatable bonds is 2. The monoisotopic (exact) mass is 424 g/mol. The van der Waals surface area contributed by atoms with Crippen molar-refractivity contribution in [2.45, 2.75) is 0 Å². The first-order valence-corrected chi connectivity index (χ1v) is 6.82. The highest BCUT2D eigenvalue weighted by molar-refractivity contribution is 14.1. The summed E-state index contributed by atoms with van der Waals surface area (Å²) >= 11 is 11.3. The van der Waals surface area contributed by atoms with Crippen LogP contribution in [-0.2, 0) is 0 Å². The maximum absolute atomic E-state index is 5.88. The van der Waals surface area contributed by atoms with E-state index in [2.05, 4.69) is 53.8 Å². The number of nitrogens with two attached hydrogens (primary N) is 1. The summed E-state index contributed by atoms with van der Waals surface area (Å²) in [7, 11) is 0. The van der Waals surface area contributed by atoms with Crippen LogP contribution in [0.15, 0.2) is 28.9 Å². The van der Waals surface area contributed by atoms with Crippen molar-refractivity contribution in [3.05, 3.63) is 37.5 Å². The van der Waals surface area contributed by atoms with Crippen molar-refractivity contribution in [2.75, 3.05) is 11.1 Å². The largest absolute Gasteiger partial charge is 0.383 e. The smallest absolute Gasteiger partial charge is 0.230 e. The van der Waals surface area contributed by atoms with Gasteiger partial charge in [-0.15, -0.1) is 0 Å². The molecule has 0 amide bonds. The quantitative estimate of drug-likeness (QED) is 0.567. The number of benzene rings is 1. The Bertz CT molecular complexity index is 544. The number of nitrogens with one attached hydrogen (secondary N) is 1. The highest BCUT2D eigenvalue weighted by atomic mass is 127. The molecule has 2 aromatic rings. The first kappa shape index (κ1) is 12.8. The maximum atomic E-state index is 5.88. The molecule has 1 aromatic carbocycles. The summed E-state index contributed by atoms with van der Waals surface area (Å²) < 4.78 is 1.62. The van der Waals surface area contributed by atoms with Gasteiger partial charge < -0.3 is 11.1 Å². The minimum absolute atomic E-state index is 0.401. The molecule has 88 valence electrons. The number of hydrogen-bond acceptors (Lipinski definition) is 4. The van der Waals surface area contributed by atoms with E-state index in [4.69, 9.17) is 17.3 Å². The Kier molecular flexibility index (Phi) is 4.05. The fourth-order valence-electron chi connectivity index (χ4n) is 1.20. The van der Waals surface area contributed by atoms with Crippen LogP contribution >= 0.6 is 50.1 Å². The average molecular weight is 425 g/mol. The molecule has 0 fully saturated rings. The Morgan fingerprint density at radius 2 is 2.06 bits per heavy atom. The minimum atomic E-state index is 0.401. The van der Waals surface area contributed by atoms with Crippen LogP contribution in [0.2, 0.25) is 5.02 Å². The van der Waals surface area contributed by atoms with E-state index in [1.807, 2.05) is 12.1 Å². The number of halogens is 3. The molecule has 4 nitrogen and oxygen atoms in total. The molecule has 0 radical (unpaired) electrons. The summed E-state index contributed by atoms with van der Waals surface area (Å²) in [5.74, 6) is 0.843. The van der Waals surface area contributed by atoms with Crippen LogP contribution in [0, 0.1) is 3.57 Å². The number of hydrogen-bond donors (Lipinski definition) is 2. The lowest BCUT2D eigenvalue weighted by atomic mass is 10.3. The van der Waals surface area contributed by atoms with Gasteiger partial charge in [0, 0.05) is 14.7 Å². The van der Waals surface area contributed by atoms with Crippen molar-refractivity contribution >= 4 is 67.6 Å². The topological polar surface area (TPSA) is 63.8 Å². The third-order valence-electron chi connectivity index (χ3n) is 1.89. The molecule has 0 aliphatic carbocycles. The summed E-state index contributed by atoms with van der Waals surface area (Å²) in [5.41, 5.74) is 6.51. The summed E-state index contributed by atoms with van der Waals surface area (Å²) in [6, 6.07) is 7.15. The van der Waals surface area contributed by atoms with Gasteiger partial charge in [0.25, 0.3) is 0 Å². The van der Waals surface area contributed by atoms with Gasteiger partial charge in [-0.3, -0.25) is 0 Å². The highest BCUT2D eigenvalue weighted by Gasteiger charge is 2.04. The third-order valence-corrected chi connectivity index (χ3v) is 3.43. The molecule has 3 N–H and O–H groups in total. The number of aromatic nitrogens is 2. The van der Waals surface area contributed by atoms with Gasteiger partial charge in [-0.25, -0.2) is 4.98 Å². The SMILES string of the molecule is Nc1cc(Br)nc(Nc2ccc(Cl)cc2I)n1. The van der Waals surface area contributed by atoms with Gasteiger partial charge in [0.2, 0.25) is 5.95 Å². The van der Waals surface area contributed by atoms with Crippen molar-refractivity contribution in [1.82, 2.24) is 9.97 Å². The standard InChI is InChI=1S/C10H7BrClIN4/c11-8-4-9(14)17-10(16-8)15-7-2-1-5(12)3-6(7)13/h1-4H,(H3,14,15,16,17). The zero-order chi connectivity index (χ0) is 12.4. The summed E-state index contributed by atoms with van der Waals surface area (Å²) in [5, 5.41) is 3.77. The van der Waals surface area contributed by atoms with E-state index in [1.165, 1.54) is 0 Å². The van der Waals surface area contributed by atoms with Crippen LogP contribution in [0.5, 0.6) is 0 Å². The van der Waals surface area contributed by atoms with Gasteiger partial charge in [-0.2, -0.15) is 4.98 Å². The Hall–Kier alpha value is -0.600. The molecule has 0 bridgehead atoms. The second-order valence-electron chi connectivity index (χ2n) is 3.19. The number of nitrogens with zero attached hydrogens (tertiary/aromatic N) is 2. The van der Waals surface area contributed by atoms with Crippen molar-refractivity contribution in [3.8, 4) is 0 Å². The summed E-state index contributed by atoms with van der Waals surface area (Å²) in [6.45, 7) is 0. The highest BCUT2D eigenvalue weighted by Crippen LogP contribution is 2.25. The van der Waals surface area contributed by atoms with Gasteiger partial charge in [0.05, 0.1) is 5.69 Å². The maximum Gasteiger partial charge on any atom is 0.230 e. The van der Waals surface area contributed by atoms with Crippen LogP contribution < -0.4 is 11.1 Å². The molecule has 0 spiro atoms. The van der Waals surface area contributed by atoms with Crippen LogP contribution in [0.25, 0.3) is 0 Å². The zero-order valence-corrected chi connectivity index (χ0v) is 12.9. The van der Waals surface area contributed by atoms with Gasteiger partial charge in [0.15, 0.2) is 0 Å². The summed E-state index contributed by atoms with van der Waals surface area (Å²) in [4.78, 5) is 8.25. The fraction of sp³-hybridized carbons (Fsp3) is 0. The van der Waals surface area contributed by atoms with E-state index in [-0.39, 0.29) is 0 Å². The second-order valence-corrected chi connectivity index (χ2v) is 5.60. The Morgan fingerprint density at radius 3 is 2.71 bits per heavy atom. The molecule has 0 saturated heterocycles. The fourth-order valence-corrected chi connectivity index (χ4v) is 2.61. The van der Waals surface area contributed by atoms with Crippen molar-refractivity contribution in [1.29, 1.82) is 0 Å². The zero-order valence-electron chi connectivity index (χ0n) is 8.42. The van der Waals surface area contributed by atoms with E-state index in [9.17, 15) is 0 Å². The van der Waals surface area contributed by atoms with Crippen molar-refractivity contribution in [2.24, 2.45) is 0 Å². The molecule has 0 saturated carbocycles. The first-order chi connectivity index (χ1) is 8.04. The molecule has 17 heavy (non-hydrogen) atoms. The molecule has 1 heterocycles. The van der Waals surface area contributed by atoms with Gasteiger partial charge in [-0.05, 0) is 56.7 Å². The normalized spacial score (nSPS) is 10.3. The average Bonchev–Trinajstić information content (AvgIpc) is 2.21. The predicted molar refractivity (Wildman–Crippen MR) is 81.6 cm³/mol. The number of anilines is 3. The minimum Gasteiger partial charge on any atom is -0.383 e. The van der Waals surface area contributed by atoms with Crippen molar-refractivity contribution in [3.63, 3.8) is 0 Å². The lowest BCUT2D eigenvalue weighted by Crippen LogP contribution is -2.01. The lowest BCUT2D eigenvalue weighted by molar-refractivity contribution is 1.15. The Labute approximate surface area is 125 Å². The van der Waals surface area contributed by atoms with E-state index < -0.39 is 0 Å². The molecule has 0 aliphatic heterocycles. The predicted octanol–water partition coefficient (Wildman–Crippen LogP) is 3.82. The molecular formula is C10H7BrClIN4. The molecule has 0 aliphatic rings. The van der Waals surface area contributed by atoms with E-state index in [0.29, 0.717) is 21.4 Å². The second kappa shape index (κ2) is 5.36. The molecule has 0 atom stereocenters. The van der Waals surface area contributed by atoms with E-state index in [1.54, 1.807) is 12.1 Å². The van der Waals surface area contributed by atoms with E-state index in [0.717, 1.165) is 9.26 Å². The molecule has 1 aromatic heterocycles. The third kappa shape index (κ3) is 3.43. The van der Waals surface area contributed by atoms with Gasteiger partial charge in [-0.1, -0.05) is 11.6 Å². The van der Waals surface area contributed by atoms with Crippen LogP contribution in [0.4, 0.5) is 17.5 Å². The van der Waals surface area contributed by atoms with Crippen molar-refractivity contribution < 1.29 is 0 Å². The number of nitrogen functional groups attached to an aromatic ring is 1. The lowest BCUT2D eigenvalue weighted by Gasteiger charge is -2.08. The molecular weight excluding hydrogens is 418 g/mol. The Morgan fingerprint density at radius 1 is 1.29 bits per heavy atom. The van der Waals surface area contributed by atoms with E-state index >= 15 is 0 Å². The Balaban J connectivity index is 2.31. The molecule has 2 rings (SSSR count). The van der Waals surface area contributed by atoms with Gasteiger partial charge in [0.1, 0.15) is 10.4 Å². The van der Waals surface area contributed by atoms with Gasteiger partial charge >= 0.3 is 0 Å². The first-order valence-electron chi connectivity index (χ1n) is 4.57. The van der Waals surface area contributed by atoms with Crippen LogP contribution in [0.3, 0.4) is 0 Å².